The number of nitrogens with one attached hydrogen (secondary N) is 3. The second-order valence-corrected chi connectivity index (χ2v) is 7.65. The van der Waals surface area contributed by atoms with Gasteiger partial charge < -0.3 is 16.0 Å². The standard InChI is InChI=1S/C19H21Cl2N3O2/c1-19(2,3)24-18(26)12-4-7-14(8-5-12)23-17(25)11-22-16-9-6-13(20)10-15(16)21/h4-10,22H,11H2,1-3H3,(H,23,25)(H,24,26). The number of hydrogen-bond donors (Lipinski definition) is 3. The predicted octanol–water partition coefficient (Wildman–Crippen LogP) is 4.57. The monoisotopic (exact) mass is 393 g/mol. The maximum atomic E-state index is 12.1. The average Bonchev–Trinajstić information content (AvgIpc) is 2.53. The summed E-state index contributed by atoms with van der Waals surface area (Å²) in [6, 6.07) is 11.7. The summed E-state index contributed by atoms with van der Waals surface area (Å²) < 4.78 is 0. The summed E-state index contributed by atoms with van der Waals surface area (Å²) in [4.78, 5) is 24.1. The van der Waals surface area contributed by atoms with Crippen LogP contribution in [0.3, 0.4) is 0 Å². The Kier molecular flexibility index (Phi) is 6.51. The van der Waals surface area contributed by atoms with Gasteiger partial charge in [0.25, 0.3) is 5.91 Å². The van der Waals surface area contributed by atoms with E-state index in [1.54, 1.807) is 42.5 Å². The highest BCUT2D eigenvalue weighted by Crippen LogP contribution is 2.25. The quantitative estimate of drug-likeness (QED) is 0.696. The van der Waals surface area contributed by atoms with Gasteiger partial charge in [0.2, 0.25) is 5.91 Å². The number of carbonyl (C=O) groups is 2. The van der Waals surface area contributed by atoms with Gasteiger partial charge in [-0.2, -0.15) is 0 Å². The van der Waals surface area contributed by atoms with E-state index >= 15 is 0 Å². The molecule has 138 valence electrons. The van der Waals surface area contributed by atoms with Crippen LogP contribution in [0.15, 0.2) is 42.5 Å². The van der Waals surface area contributed by atoms with Gasteiger partial charge in [-0.05, 0) is 63.2 Å². The Hall–Kier alpha value is -2.24. The lowest BCUT2D eigenvalue weighted by atomic mass is 10.1. The fourth-order valence-electron chi connectivity index (χ4n) is 2.13. The summed E-state index contributed by atoms with van der Waals surface area (Å²) in [6.07, 6.45) is 0. The second-order valence-electron chi connectivity index (χ2n) is 6.81. The summed E-state index contributed by atoms with van der Waals surface area (Å²) in [5.74, 6) is -0.391. The molecule has 0 bridgehead atoms. The lowest BCUT2D eigenvalue weighted by molar-refractivity contribution is -0.114. The summed E-state index contributed by atoms with van der Waals surface area (Å²) in [6.45, 7) is 5.80. The Morgan fingerprint density at radius 1 is 1.00 bits per heavy atom. The summed E-state index contributed by atoms with van der Waals surface area (Å²) in [7, 11) is 0. The molecule has 0 saturated carbocycles. The van der Waals surface area contributed by atoms with Gasteiger partial charge in [0.15, 0.2) is 0 Å². The normalized spacial score (nSPS) is 11.0. The number of carbonyl (C=O) groups excluding carboxylic acids is 2. The van der Waals surface area contributed by atoms with E-state index in [1.165, 1.54) is 0 Å². The first-order valence-electron chi connectivity index (χ1n) is 8.05. The Morgan fingerprint density at radius 3 is 2.23 bits per heavy atom. The highest BCUT2D eigenvalue weighted by molar-refractivity contribution is 6.36. The van der Waals surface area contributed by atoms with Gasteiger partial charge in [-0.15, -0.1) is 0 Å². The van der Waals surface area contributed by atoms with Crippen molar-refractivity contribution in [2.24, 2.45) is 0 Å². The van der Waals surface area contributed by atoms with Gasteiger partial charge in [-0.1, -0.05) is 23.2 Å². The van der Waals surface area contributed by atoms with E-state index in [9.17, 15) is 9.59 Å². The fourth-order valence-corrected chi connectivity index (χ4v) is 2.61. The van der Waals surface area contributed by atoms with E-state index in [0.29, 0.717) is 27.0 Å². The first-order chi connectivity index (χ1) is 12.1. The fraction of sp³-hybridized carbons (Fsp3) is 0.263. The Bertz CT molecular complexity index is 799. The van der Waals surface area contributed by atoms with E-state index in [2.05, 4.69) is 16.0 Å². The zero-order valence-corrected chi connectivity index (χ0v) is 16.3. The highest BCUT2D eigenvalue weighted by Gasteiger charge is 2.15. The van der Waals surface area contributed by atoms with Crippen LogP contribution in [0.5, 0.6) is 0 Å². The van der Waals surface area contributed by atoms with E-state index in [1.807, 2.05) is 20.8 Å². The van der Waals surface area contributed by atoms with Crippen molar-refractivity contribution in [1.29, 1.82) is 0 Å². The van der Waals surface area contributed by atoms with Crippen molar-refractivity contribution in [2.75, 3.05) is 17.2 Å². The summed E-state index contributed by atoms with van der Waals surface area (Å²) in [5.41, 5.74) is 1.45. The van der Waals surface area contributed by atoms with Gasteiger partial charge in [0, 0.05) is 21.8 Å². The number of hydrogen-bond acceptors (Lipinski definition) is 3. The number of benzene rings is 2. The van der Waals surface area contributed by atoms with Crippen LogP contribution in [0, 0.1) is 0 Å². The van der Waals surface area contributed by atoms with Crippen molar-refractivity contribution < 1.29 is 9.59 Å². The van der Waals surface area contributed by atoms with E-state index in [-0.39, 0.29) is 23.9 Å². The van der Waals surface area contributed by atoms with Crippen molar-refractivity contribution in [3.63, 3.8) is 0 Å². The number of anilines is 2. The molecular formula is C19H21Cl2N3O2. The molecule has 3 N–H and O–H groups in total. The van der Waals surface area contributed by atoms with Gasteiger partial charge in [-0.3, -0.25) is 9.59 Å². The number of rotatable bonds is 5. The molecule has 0 spiro atoms. The smallest absolute Gasteiger partial charge is 0.251 e. The van der Waals surface area contributed by atoms with Crippen molar-refractivity contribution in [3.8, 4) is 0 Å². The minimum absolute atomic E-state index is 0.0492. The van der Waals surface area contributed by atoms with Gasteiger partial charge in [-0.25, -0.2) is 0 Å². The molecule has 0 atom stereocenters. The van der Waals surface area contributed by atoms with Crippen LogP contribution in [0.4, 0.5) is 11.4 Å². The lowest BCUT2D eigenvalue weighted by Crippen LogP contribution is -2.40. The summed E-state index contributed by atoms with van der Waals surface area (Å²) >= 11 is 11.9. The minimum atomic E-state index is -0.307. The Morgan fingerprint density at radius 2 is 1.65 bits per heavy atom. The van der Waals surface area contributed by atoms with Crippen molar-refractivity contribution in [3.05, 3.63) is 58.1 Å². The molecule has 5 nitrogen and oxygen atoms in total. The molecule has 0 heterocycles. The molecule has 26 heavy (non-hydrogen) atoms. The van der Waals surface area contributed by atoms with Crippen molar-refractivity contribution in [2.45, 2.75) is 26.3 Å². The molecule has 0 radical (unpaired) electrons. The van der Waals surface area contributed by atoms with Crippen LogP contribution in [-0.4, -0.2) is 23.9 Å². The lowest BCUT2D eigenvalue weighted by Gasteiger charge is -2.20. The minimum Gasteiger partial charge on any atom is -0.375 e. The van der Waals surface area contributed by atoms with Crippen LogP contribution >= 0.6 is 23.2 Å². The zero-order valence-electron chi connectivity index (χ0n) is 14.8. The Labute approximate surface area is 163 Å². The maximum Gasteiger partial charge on any atom is 0.251 e. The molecule has 0 aliphatic carbocycles. The average molecular weight is 394 g/mol. The molecule has 2 amide bonds. The molecule has 0 aliphatic heterocycles. The second kappa shape index (κ2) is 8.43. The highest BCUT2D eigenvalue weighted by atomic mass is 35.5. The largest absolute Gasteiger partial charge is 0.375 e. The van der Waals surface area contributed by atoms with Gasteiger partial charge in [0.1, 0.15) is 0 Å². The third-order valence-corrected chi connectivity index (χ3v) is 3.84. The number of amides is 2. The molecule has 2 rings (SSSR count). The van der Waals surface area contributed by atoms with E-state index in [0.717, 1.165) is 0 Å². The molecule has 0 saturated heterocycles. The van der Waals surface area contributed by atoms with Crippen LogP contribution in [0.2, 0.25) is 10.0 Å². The van der Waals surface area contributed by atoms with Crippen molar-refractivity contribution >= 4 is 46.4 Å². The van der Waals surface area contributed by atoms with Gasteiger partial charge in [0.05, 0.1) is 17.3 Å². The number of halogens is 2. The SMILES string of the molecule is CC(C)(C)NC(=O)c1ccc(NC(=O)CNc2ccc(Cl)cc2Cl)cc1. The Balaban J connectivity index is 1.90. The molecule has 7 heteroatoms. The van der Waals surface area contributed by atoms with Crippen LogP contribution < -0.4 is 16.0 Å². The predicted molar refractivity (Wildman–Crippen MR) is 107 cm³/mol. The third-order valence-electron chi connectivity index (χ3n) is 3.29. The van der Waals surface area contributed by atoms with E-state index in [4.69, 9.17) is 23.2 Å². The molecule has 2 aromatic rings. The van der Waals surface area contributed by atoms with Crippen LogP contribution in [-0.2, 0) is 4.79 Å². The van der Waals surface area contributed by atoms with Crippen LogP contribution in [0.25, 0.3) is 0 Å². The first kappa shape index (κ1) is 20.1. The third kappa shape index (κ3) is 6.24. The molecule has 0 fully saturated rings. The zero-order chi connectivity index (χ0) is 19.3. The topological polar surface area (TPSA) is 70.2 Å². The maximum absolute atomic E-state index is 12.1. The summed E-state index contributed by atoms with van der Waals surface area (Å²) in [5, 5.41) is 9.56. The molecular weight excluding hydrogens is 373 g/mol. The van der Waals surface area contributed by atoms with E-state index < -0.39 is 0 Å². The molecule has 2 aromatic carbocycles. The molecule has 0 aromatic heterocycles. The molecule has 0 aliphatic rings. The van der Waals surface area contributed by atoms with Crippen LogP contribution in [0.1, 0.15) is 31.1 Å². The van der Waals surface area contributed by atoms with Crippen molar-refractivity contribution in [1.82, 2.24) is 5.32 Å². The van der Waals surface area contributed by atoms with Gasteiger partial charge >= 0.3 is 0 Å². The first-order valence-corrected chi connectivity index (χ1v) is 8.81. The molecule has 0 unspecified atom stereocenters.